The highest BCUT2D eigenvalue weighted by Crippen LogP contribution is 2.30. The average Bonchev–Trinajstić information content (AvgIpc) is 3.13. The van der Waals surface area contributed by atoms with E-state index in [0.29, 0.717) is 29.7 Å². The molecule has 0 saturated heterocycles. The quantitative estimate of drug-likeness (QED) is 0.0670. The summed E-state index contributed by atoms with van der Waals surface area (Å²) in [4.78, 5) is 30.9. The lowest BCUT2D eigenvalue weighted by molar-refractivity contribution is -0.392. The molecule has 14 heteroatoms. The van der Waals surface area contributed by atoms with Gasteiger partial charge in [-0.3, -0.25) is 30.3 Å². The first-order chi connectivity index (χ1) is 24.8. The van der Waals surface area contributed by atoms with Gasteiger partial charge in [0.05, 0.1) is 37.6 Å². The van der Waals surface area contributed by atoms with Crippen LogP contribution in [-0.4, -0.2) is 34.9 Å². The molecule has 0 N–H and O–H groups in total. The summed E-state index contributed by atoms with van der Waals surface area (Å²) >= 11 is 0. The van der Waals surface area contributed by atoms with Crippen molar-refractivity contribution in [3.63, 3.8) is 0 Å². The van der Waals surface area contributed by atoms with Crippen LogP contribution in [0.5, 0.6) is 0 Å². The summed E-state index contributed by atoms with van der Waals surface area (Å²) in [5.74, 6) is 0. The molecule has 0 bridgehead atoms. The molecule has 6 aromatic rings. The number of hydrogen-bond acceptors (Lipinski definition) is 8. The van der Waals surface area contributed by atoms with Crippen molar-refractivity contribution in [2.24, 2.45) is 10.2 Å². The summed E-state index contributed by atoms with van der Waals surface area (Å²) in [6, 6.07) is 36.9. The minimum Gasteiger partial charge on any atom is -0.258 e. The molecular weight excluding hydrogens is 655 g/mol. The molecule has 11 nitrogen and oxygen atoms in total. The maximum absolute atomic E-state index is 11.1. The first-order valence-corrected chi connectivity index (χ1v) is 16.9. The van der Waals surface area contributed by atoms with Crippen molar-refractivity contribution in [1.82, 2.24) is 0 Å². The van der Waals surface area contributed by atoms with Gasteiger partial charge in [-0.05, 0) is 29.0 Å². The van der Waals surface area contributed by atoms with Crippen LogP contribution in [0.1, 0.15) is 0 Å². The van der Waals surface area contributed by atoms with Crippen molar-refractivity contribution in [3.8, 4) is 0 Å². The van der Waals surface area contributed by atoms with Gasteiger partial charge in [0.2, 0.25) is 0 Å². The summed E-state index contributed by atoms with van der Waals surface area (Å²) in [6.07, 6.45) is 0. The lowest BCUT2D eigenvalue weighted by Gasteiger charge is -2.10. The van der Waals surface area contributed by atoms with Crippen LogP contribution in [0.2, 0.25) is 40.9 Å². The molecule has 0 unspecified atom stereocenters. The number of rotatable bonds is 8. The zero-order chi connectivity index (χ0) is 37.9. The van der Waals surface area contributed by atoms with Crippen LogP contribution in [-0.2, 0) is 0 Å². The number of hydrogen-bond donors (Lipinski definition) is 0. The average molecular weight is 693 g/mol. The van der Waals surface area contributed by atoms with Crippen molar-refractivity contribution in [2.45, 2.75) is 40.9 Å². The van der Waals surface area contributed by atoms with Crippen molar-refractivity contribution >= 4 is 86.5 Å². The Morgan fingerprint density at radius 2 is 1.06 bits per heavy atom. The van der Waals surface area contributed by atoms with E-state index in [-0.39, 0.29) is 28.7 Å². The van der Waals surface area contributed by atoms with E-state index in [1.807, 2.05) is 50.0 Å². The number of benzene rings is 6. The Labute approximate surface area is 303 Å². The van der Waals surface area contributed by atoms with E-state index in [1.165, 1.54) is 23.0 Å². The van der Waals surface area contributed by atoms with E-state index >= 15 is 0 Å². The topological polar surface area (TPSA) is 154 Å². The minimum absolute atomic E-state index is 0.0916. The number of non-ortho nitro benzene ring substituents is 2. The molecule has 0 aliphatic heterocycles. The molecule has 0 aliphatic carbocycles. The van der Waals surface area contributed by atoms with Crippen LogP contribution in [0.25, 0.3) is 21.5 Å². The van der Waals surface area contributed by atoms with Gasteiger partial charge in [-0.2, -0.15) is 10.2 Å². The van der Waals surface area contributed by atoms with Crippen molar-refractivity contribution in [2.75, 3.05) is 0 Å². The molecule has 260 valence electrons. The Hall–Kier alpha value is -6.17. The lowest BCUT2D eigenvalue weighted by atomic mass is 9.48. The summed E-state index contributed by atoms with van der Waals surface area (Å²) in [7, 11) is 0. The Bertz CT molecular complexity index is 2230. The smallest absolute Gasteiger partial charge is 0.258 e. The van der Waals surface area contributed by atoms with E-state index in [9.17, 15) is 30.3 Å². The number of nitrogens with zero attached hydrogens (tertiary/aromatic N) is 5. The van der Waals surface area contributed by atoms with Gasteiger partial charge in [0, 0.05) is 23.0 Å². The first-order valence-electron chi connectivity index (χ1n) is 16.9. The number of azo groups is 1. The van der Waals surface area contributed by atoms with Gasteiger partial charge in [0.25, 0.3) is 17.1 Å². The first kappa shape index (κ1) is 38.6. The Morgan fingerprint density at radius 1 is 0.500 bits per heavy atom. The largest absolute Gasteiger partial charge is 0.284 e. The molecule has 0 saturated carbocycles. The highest BCUT2D eigenvalue weighted by atomic mass is 16.6. The summed E-state index contributed by atoms with van der Waals surface area (Å²) in [5, 5.41) is 44.8. The number of fused-ring (bicyclic) bond motifs is 2. The normalized spacial score (nSPS) is 10.5. The van der Waals surface area contributed by atoms with Crippen molar-refractivity contribution < 1.29 is 14.8 Å². The molecule has 0 aromatic heterocycles. The molecule has 0 heterocycles. The summed E-state index contributed by atoms with van der Waals surface area (Å²) in [5.41, 5.74) is 4.47. The van der Waals surface area contributed by atoms with Crippen LogP contribution in [0, 0.1) is 30.3 Å². The Kier molecular flexibility index (Phi) is 13.1. The van der Waals surface area contributed by atoms with E-state index in [1.54, 1.807) is 36.4 Å². The third-order valence-corrected chi connectivity index (χ3v) is 8.36. The van der Waals surface area contributed by atoms with Gasteiger partial charge in [0.1, 0.15) is 0 Å². The SMILES string of the molecule is CB(C)c1c([N+](=O)[O-])cc([N+](=O)[O-])c2ccccc12.CB(C)c1ccc([N+](=O)[O-])cc1.CB(C)c1ccc2ccccc2c1N=Nc1ccccc1. The molecule has 6 aromatic carbocycles. The third kappa shape index (κ3) is 9.54. The van der Waals surface area contributed by atoms with E-state index < -0.39 is 9.85 Å². The molecule has 0 spiro atoms. The Morgan fingerprint density at radius 3 is 1.60 bits per heavy atom. The van der Waals surface area contributed by atoms with Gasteiger partial charge in [-0.15, -0.1) is 0 Å². The second-order valence-electron chi connectivity index (χ2n) is 13.0. The fourth-order valence-electron chi connectivity index (χ4n) is 5.71. The van der Waals surface area contributed by atoms with Crippen LogP contribution in [0.4, 0.5) is 28.4 Å². The molecule has 0 aliphatic rings. The van der Waals surface area contributed by atoms with E-state index in [4.69, 9.17) is 0 Å². The molecule has 0 amide bonds. The zero-order valence-corrected chi connectivity index (χ0v) is 30.0. The maximum atomic E-state index is 11.1. The second kappa shape index (κ2) is 17.7. The van der Waals surface area contributed by atoms with Crippen LogP contribution in [0.3, 0.4) is 0 Å². The number of nitro benzene ring substituents is 3. The molecule has 6 rings (SSSR count). The number of nitro groups is 3. The minimum atomic E-state index is -0.584. The van der Waals surface area contributed by atoms with Gasteiger partial charge in [-0.1, -0.05) is 137 Å². The van der Waals surface area contributed by atoms with Crippen LogP contribution >= 0.6 is 0 Å². The predicted octanol–water partition coefficient (Wildman–Crippen LogP) is 9.39. The molecule has 0 atom stereocenters. The molecular formula is C38H38B3N5O6. The van der Waals surface area contributed by atoms with Crippen molar-refractivity contribution in [1.29, 1.82) is 0 Å². The fourth-order valence-corrected chi connectivity index (χ4v) is 5.71. The summed E-state index contributed by atoms with van der Waals surface area (Å²) in [6.45, 7) is 12.9. The maximum Gasteiger partial charge on any atom is 0.284 e. The van der Waals surface area contributed by atoms with Gasteiger partial charge in [0.15, 0.2) is 20.1 Å². The zero-order valence-electron chi connectivity index (χ0n) is 30.0. The molecule has 0 fully saturated rings. The molecule has 0 radical (unpaired) electrons. The highest BCUT2D eigenvalue weighted by molar-refractivity contribution is 6.74. The van der Waals surface area contributed by atoms with Crippen molar-refractivity contribution in [3.05, 3.63) is 152 Å². The highest BCUT2D eigenvalue weighted by Gasteiger charge is 2.27. The monoisotopic (exact) mass is 693 g/mol. The van der Waals surface area contributed by atoms with E-state index in [0.717, 1.165) is 28.3 Å². The molecule has 52 heavy (non-hydrogen) atoms. The predicted molar refractivity (Wildman–Crippen MR) is 216 cm³/mol. The van der Waals surface area contributed by atoms with Crippen LogP contribution < -0.4 is 16.4 Å². The summed E-state index contributed by atoms with van der Waals surface area (Å²) < 4.78 is 0. The Balaban J connectivity index is 0.000000181. The fraction of sp³-hybridized carbons (Fsp3) is 0.158. The van der Waals surface area contributed by atoms with E-state index in [2.05, 4.69) is 67.9 Å². The van der Waals surface area contributed by atoms with Gasteiger partial charge >= 0.3 is 0 Å². The van der Waals surface area contributed by atoms with Gasteiger partial charge in [-0.25, -0.2) is 0 Å². The van der Waals surface area contributed by atoms with Gasteiger partial charge < -0.3 is 0 Å². The van der Waals surface area contributed by atoms with Crippen LogP contribution in [0.15, 0.2) is 132 Å². The third-order valence-electron chi connectivity index (χ3n) is 8.36. The lowest BCUT2D eigenvalue weighted by Crippen LogP contribution is -2.27. The standard InChI is InChI=1S/C18H17BN2.C12H11BN2O4.C8H10BNO2/c1-19(2)17-13-12-14-8-6-7-11-16(14)18(17)21-20-15-9-4-3-5-10-15;1-13(2)12-9-6-4-3-5-8(9)10(14(16)17)7-11(12)15(18)19;1-9(2)7-3-5-8(6-4-7)10(11)12/h3-13H,1-2H3;3-7H,1-2H3;3-6H,1-2H3. The second-order valence-corrected chi connectivity index (χ2v) is 13.0.